The Kier molecular flexibility index (Phi) is 3.46. The molecule has 0 saturated heterocycles. The van der Waals surface area contributed by atoms with Gasteiger partial charge in [0.1, 0.15) is 6.04 Å². The molecule has 0 rings (SSSR count). The molecule has 0 spiro atoms. The molecule has 0 bridgehead atoms. The van der Waals surface area contributed by atoms with Gasteiger partial charge in [-0.05, 0) is 13.8 Å². The fourth-order valence-electron chi connectivity index (χ4n) is 0.582. The molecule has 1 N–H and O–H groups in total. The van der Waals surface area contributed by atoms with Crippen LogP contribution in [0, 0.1) is 0 Å². The van der Waals surface area contributed by atoms with E-state index in [9.17, 15) is 9.59 Å². The quantitative estimate of drug-likeness (QED) is 0.564. The van der Waals surface area contributed by atoms with Gasteiger partial charge in [-0.25, -0.2) is 4.79 Å². The van der Waals surface area contributed by atoms with Crippen molar-refractivity contribution in [1.82, 2.24) is 4.90 Å². The summed E-state index contributed by atoms with van der Waals surface area (Å²) in [4.78, 5) is 21.6. The lowest BCUT2D eigenvalue weighted by Gasteiger charge is -2.18. The van der Waals surface area contributed by atoms with Crippen LogP contribution in [0.5, 0.6) is 0 Å². The van der Waals surface area contributed by atoms with Crippen LogP contribution < -0.4 is 0 Å². The molecule has 10 heavy (non-hydrogen) atoms. The number of nitrogens with zero attached hydrogens (tertiary/aromatic N) is 1. The van der Waals surface area contributed by atoms with Gasteiger partial charge in [-0.2, -0.15) is 0 Å². The Balaban J connectivity index is 4.00. The molecule has 0 aliphatic carbocycles. The van der Waals surface area contributed by atoms with Crippen molar-refractivity contribution in [3.05, 3.63) is 0 Å². The number of aliphatic carboxylic acids is 1. The van der Waals surface area contributed by atoms with E-state index < -0.39 is 12.0 Å². The van der Waals surface area contributed by atoms with Crippen LogP contribution in [0.3, 0.4) is 0 Å². The number of rotatable bonds is 4. The topological polar surface area (TPSA) is 57.6 Å². The first kappa shape index (κ1) is 8.94. The highest BCUT2D eigenvalue weighted by Crippen LogP contribution is 1.93. The molecule has 0 saturated carbocycles. The molecule has 0 radical (unpaired) electrons. The minimum atomic E-state index is -0.978. The monoisotopic (exact) mass is 145 g/mol. The van der Waals surface area contributed by atoms with Crippen molar-refractivity contribution in [2.45, 2.75) is 19.9 Å². The molecule has 0 aromatic rings. The van der Waals surface area contributed by atoms with Gasteiger partial charge < -0.3 is 10.0 Å². The van der Waals surface area contributed by atoms with Crippen molar-refractivity contribution in [3.8, 4) is 0 Å². The third kappa shape index (κ3) is 2.05. The molecule has 1 amide bonds. The van der Waals surface area contributed by atoms with Crippen LogP contribution in [0.25, 0.3) is 0 Å². The normalized spacial score (nSPS) is 12.2. The van der Waals surface area contributed by atoms with E-state index in [-0.39, 0.29) is 0 Å². The van der Waals surface area contributed by atoms with Crippen LogP contribution >= 0.6 is 0 Å². The molecule has 0 aliphatic rings. The van der Waals surface area contributed by atoms with Crippen LogP contribution in [-0.4, -0.2) is 35.0 Å². The maximum atomic E-state index is 10.3. The lowest BCUT2D eigenvalue weighted by atomic mass is 10.3. The molecular formula is C6H11NO3. The minimum absolute atomic E-state index is 0.428. The zero-order valence-electron chi connectivity index (χ0n) is 6.07. The highest BCUT2D eigenvalue weighted by atomic mass is 16.4. The van der Waals surface area contributed by atoms with E-state index in [1.165, 1.54) is 11.8 Å². The Hall–Kier alpha value is -1.06. The van der Waals surface area contributed by atoms with E-state index in [1.807, 2.05) is 0 Å². The molecule has 4 heteroatoms. The van der Waals surface area contributed by atoms with Gasteiger partial charge in [-0.15, -0.1) is 0 Å². The summed E-state index contributed by atoms with van der Waals surface area (Å²) < 4.78 is 0. The van der Waals surface area contributed by atoms with Gasteiger partial charge >= 0.3 is 5.97 Å². The summed E-state index contributed by atoms with van der Waals surface area (Å²) in [5.74, 6) is -0.978. The van der Waals surface area contributed by atoms with Crippen molar-refractivity contribution < 1.29 is 14.7 Å². The Morgan fingerprint density at radius 2 is 2.30 bits per heavy atom. The van der Waals surface area contributed by atoms with Crippen LogP contribution in [0.1, 0.15) is 13.8 Å². The molecule has 0 aromatic carbocycles. The maximum Gasteiger partial charge on any atom is 0.326 e. The Labute approximate surface area is 59.4 Å². The number of carboxylic acid groups (broad SMARTS) is 1. The van der Waals surface area contributed by atoms with Gasteiger partial charge in [0.05, 0.1) is 0 Å². The van der Waals surface area contributed by atoms with Gasteiger partial charge in [-0.1, -0.05) is 0 Å². The molecule has 0 fully saturated rings. The molecule has 1 unspecified atom stereocenters. The number of amides is 1. The molecule has 1 atom stereocenters. The third-order valence-corrected chi connectivity index (χ3v) is 1.36. The number of carboxylic acids is 1. The van der Waals surface area contributed by atoms with Crippen molar-refractivity contribution in [2.24, 2.45) is 0 Å². The fourth-order valence-corrected chi connectivity index (χ4v) is 0.582. The summed E-state index contributed by atoms with van der Waals surface area (Å²) in [5, 5.41) is 8.41. The first-order valence-corrected chi connectivity index (χ1v) is 3.07. The summed E-state index contributed by atoms with van der Waals surface area (Å²) in [6, 6.07) is -0.720. The second-order valence-corrected chi connectivity index (χ2v) is 1.95. The summed E-state index contributed by atoms with van der Waals surface area (Å²) in [6.07, 6.45) is 0.540. The molecule has 0 aromatic heterocycles. The first-order chi connectivity index (χ1) is 4.63. The lowest BCUT2D eigenvalue weighted by molar-refractivity contribution is -0.145. The molecule has 58 valence electrons. The second-order valence-electron chi connectivity index (χ2n) is 1.95. The first-order valence-electron chi connectivity index (χ1n) is 3.07. The zero-order chi connectivity index (χ0) is 8.15. The van der Waals surface area contributed by atoms with Crippen LogP contribution in [0.15, 0.2) is 0 Å². The van der Waals surface area contributed by atoms with Crippen molar-refractivity contribution in [1.29, 1.82) is 0 Å². The molecule has 4 nitrogen and oxygen atoms in total. The second kappa shape index (κ2) is 3.87. The van der Waals surface area contributed by atoms with E-state index in [0.717, 1.165) is 0 Å². The average Bonchev–Trinajstić information content (AvgIpc) is 1.90. The smallest absolute Gasteiger partial charge is 0.326 e. The predicted molar refractivity (Wildman–Crippen MR) is 35.5 cm³/mol. The standard InChI is InChI=1S/C6H11NO3/c1-3-7(4-8)5(2)6(9)10/h4-5H,3H2,1-2H3,(H,9,10). The fraction of sp³-hybridized carbons (Fsp3) is 0.667. The molecule has 0 heterocycles. The summed E-state index contributed by atoms with van der Waals surface area (Å²) in [6.45, 7) is 3.63. The molecule has 0 aliphatic heterocycles. The highest BCUT2D eigenvalue weighted by molar-refractivity contribution is 5.75. The van der Waals surface area contributed by atoms with E-state index in [1.54, 1.807) is 6.92 Å². The van der Waals surface area contributed by atoms with Gasteiger partial charge in [0, 0.05) is 6.54 Å². The van der Waals surface area contributed by atoms with E-state index in [4.69, 9.17) is 5.11 Å². The SMILES string of the molecule is CCN(C=O)C(C)C(=O)O. The van der Waals surface area contributed by atoms with Crippen molar-refractivity contribution in [2.75, 3.05) is 6.54 Å². The Morgan fingerprint density at radius 3 is 2.40 bits per heavy atom. The lowest BCUT2D eigenvalue weighted by Crippen LogP contribution is -2.37. The van der Waals surface area contributed by atoms with Gasteiger partial charge in [0.2, 0.25) is 6.41 Å². The number of hydrogen-bond donors (Lipinski definition) is 1. The summed E-state index contributed by atoms with van der Waals surface area (Å²) in [7, 11) is 0. The third-order valence-electron chi connectivity index (χ3n) is 1.36. The highest BCUT2D eigenvalue weighted by Gasteiger charge is 2.16. The van der Waals surface area contributed by atoms with E-state index >= 15 is 0 Å². The predicted octanol–water partition coefficient (Wildman–Crippen LogP) is -0.0622. The number of carbonyl (C=O) groups excluding carboxylic acids is 1. The Morgan fingerprint density at radius 1 is 1.80 bits per heavy atom. The van der Waals surface area contributed by atoms with Crippen LogP contribution in [0.2, 0.25) is 0 Å². The largest absolute Gasteiger partial charge is 0.480 e. The van der Waals surface area contributed by atoms with Gasteiger partial charge in [-0.3, -0.25) is 4.79 Å². The van der Waals surface area contributed by atoms with E-state index in [0.29, 0.717) is 13.0 Å². The van der Waals surface area contributed by atoms with Gasteiger partial charge in [0.15, 0.2) is 0 Å². The Bertz CT molecular complexity index is 135. The average molecular weight is 145 g/mol. The number of hydrogen-bond acceptors (Lipinski definition) is 2. The number of likely N-dealkylation sites (N-methyl/N-ethyl adjacent to an activating group) is 1. The summed E-state index contributed by atoms with van der Waals surface area (Å²) in [5.41, 5.74) is 0. The van der Waals surface area contributed by atoms with Gasteiger partial charge in [0.25, 0.3) is 0 Å². The van der Waals surface area contributed by atoms with Crippen molar-refractivity contribution in [3.63, 3.8) is 0 Å². The minimum Gasteiger partial charge on any atom is -0.480 e. The van der Waals surface area contributed by atoms with Crippen LogP contribution in [0.4, 0.5) is 0 Å². The number of carbonyl (C=O) groups is 2. The van der Waals surface area contributed by atoms with Crippen LogP contribution in [-0.2, 0) is 9.59 Å². The van der Waals surface area contributed by atoms with E-state index in [2.05, 4.69) is 0 Å². The maximum absolute atomic E-state index is 10.3. The van der Waals surface area contributed by atoms with Crippen molar-refractivity contribution >= 4 is 12.4 Å². The summed E-state index contributed by atoms with van der Waals surface area (Å²) >= 11 is 0. The molecular weight excluding hydrogens is 134 g/mol. The zero-order valence-corrected chi connectivity index (χ0v) is 6.07.